The molecule has 1 aromatic heterocycles. The minimum atomic E-state index is -1.15. The number of ether oxygens (including phenoxy) is 2. The van der Waals surface area contributed by atoms with Gasteiger partial charge < -0.3 is 9.47 Å². The van der Waals surface area contributed by atoms with Crippen LogP contribution in [0, 0.1) is 0 Å². The van der Waals surface area contributed by atoms with Crippen molar-refractivity contribution in [3.63, 3.8) is 0 Å². The van der Waals surface area contributed by atoms with E-state index in [0.717, 1.165) is 10.4 Å². The summed E-state index contributed by atoms with van der Waals surface area (Å²) in [6.45, 7) is 3.73. The molecule has 0 spiro atoms. The van der Waals surface area contributed by atoms with E-state index >= 15 is 0 Å². The zero-order valence-corrected chi connectivity index (χ0v) is 14.3. The molecule has 0 radical (unpaired) electrons. The molecular weight excluding hydrogens is 338 g/mol. The van der Waals surface area contributed by atoms with Gasteiger partial charge in [0.05, 0.1) is 18.1 Å². The van der Waals surface area contributed by atoms with Crippen molar-refractivity contribution >= 4 is 34.9 Å². The van der Waals surface area contributed by atoms with Gasteiger partial charge >= 0.3 is 11.9 Å². The summed E-state index contributed by atoms with van der Waals surface area (Å²) in [5, 5.41) is 0.987. The third kappa shape index (κ3) is 4.30. The van der Waals surface area contributed by atoms with Crippen LogP contribution in [-0.2, 0) is 19.1 Å². The molecule has 1 heterocycles. The number of hydrogen-bond acceptors (Lipinski definition) is 6. The van der Waals surface area contributed by atoms with Crippen LogP contribution in [-0.4, -0.2) is 30.1 Å². The summed E-state index contributed by atoms with van der Waals surface area (Å²) in [5.41, 5.74) is 0.907. The van der Waals surface area contributed by atoms with Crippen LogP contribution < -0.4 is 0 Å². The van der Waals surface area contributed by atoms with E-state index in [0.29, 0.717) is 10.0 Å². The molecule has 7 heteroatoms. The maximum atomic E-state index is 12.1. The number of esters is 2. The maximum absolute atomic E-state index is 12.1. The van der Waals surface area contributed by atoms with Crippen LogP contribution in [0.5, 0.6) is 0 Å². The Kier molecular flexibility index (Phi) is 6.12. The van der Waals surface area contributed by atoms with E-state index in [9.17, 15) is 9.59 Å². The van der Waals surface area contributed by atoms with Crippen molar-refractivity contribution in [2.24, 2.45) is 0 Å². The molecule has 0 N–H and O–H groups in total. The van der Waals surface area contributed by atoms with Crippen LogP contribution >= 0.6 is 22.9 Å². The summed E-state index contributed by atoms with van der Waals surface area (Å²) in [6, 6.07) is 7.24. The van der Waals surface area contributed by atoms with E-state index in [1.54, 1.807) is 32.2 Å². The summed E-state index contributed by atoms with van der Waals surface area (Å²) in [6.07, 6.45) is 1.62. The molecule has 0 aliphatic heterocycles. The van der Waals surface area contributed by atoms with Gasteiger partial charge in [-0.3, -0.25) is 9.59 Å². The lowest BCUT2D eigenvalue weighted by Crippen LogP contribution is -2.26. The monoisotopic (exact) mass is 353 g/mol. The molecule has 0 aliphatic rings. The van der Waals surface area contributed by atoms with Gasteiger partial charge in [-0.2, -0.15) is 0 Å². The number of hydrogen-bond donors (Lipinski definition) is 0. The Balaban J connectivity index is 2.30. The molecule has 0 bridgehead atoms. The lowest BCUT2D eigenvalue weighted by molar-refractivity contribution is -0.156. The van der Waals surface area contributed by atoms with Crippen LogP contribution in [0.15, 0.2) is 30.5 Å². The quantitative estimate of drug-likeness (QED) is 0.585. The van der Waals surface area contributed by atoms with Crippen molar-refractivity contribution in [2.45, 2.75) is 19.8 Å². The minimum Gasteiger partial charge on any atom is -0.465 e. The van der Waals surface area contributed by atoms with Gasteiger partial charge in [0.1, 0.15) is 5.01 Å². The standard InChI is InChI=1S/C16H16ClNO4S/c1-3-21-15(19)13(16(20)22-4-2)14-18-9-12(23-14)10-5-7-11(17)8-6-10/h5-9,13H,3-4H2,1-2H3. The highest BCUT2D eigenvalue weighted by Gasteiger charge is 2.34. The molecule has 1 aromatic carbocycles. The van der Waals surface area contributed by atoms with Crippen LogP contribution in [0.3, 0.4) is 0 Å². The highest BCUT2D eigenvalue weighted by Crippen LogP contribution is 2.32. The van der Waals surface area contributed by atoms with Crippen LogP contribution in [0.4, 0.5) is 0 Å². The average molecular weight is 354 g/mol. The number of halogens is 1. The molecule has 0 amide bonds. The molecule has 0 atom stereocenters. The van der Waals surface area contributed by atoms with Gasteiger partial charge in [0.15, 0.2) is 0 Å². The Morgan fingerprint density at radius 1 is 1.13 bits per heavy atom. The molecule has 0 saturated carbocycles. The second kappa shape index (κ2) is 8.08. The Hall–Kier alpha value is -1.92. The summed E-state index contributed by atoms with van der Waals surface area (Å²) in [7, 11) is 0. The summed E-state index contributed by atoms with van der Waals surface area (Å²) < 4.78 is 9.93. The fraction of sp³-hybridized carbons (Fsp3) is 0.312. The van der Waals surface area contributed by atoms with E-state index in [1.165, 1.54) is 11.3 Å². The zero-order chi connectivity index (χ0) is 16.8. The van der Waals surface area contributed by atoms with Crippen molar-refractivity contribution < 1.29 is 19.1 Å². The third-order valence-electron chi connectivity index (χ3n) is 2.94. The van der Waals surface area contributed by atoms with E-state index in [2.05, 4.69) is 4.98 Å². The lowest BCUT2D eigenvalue weighted by atomic mass is 10.1. The second-order valence-corrected chi connectivity index (χ2v) is 6.01. The normalized spacial score (nSPS) is 10.6. The van der Waals surface area contributed by atoms with Gasteiger partial charge in [-0.1, -0.05) is 23.7 Å². The molecule has 0 aliphatic carbocycles. The zero-order valence-electron chi connectivity index (χ0n) is 12.7. The number of aromatic nitrogens is 1. The first-order valence-corrected chi connectivity index (χ1v) is 8.31. The molecule has 2 rings (SSSR count). The van der Waals surface area contributed by atoms with Gasteiger partial charge in [0.25, 0.3) is 0 Å². The number of rotatable bonds is 6. The van der Waals surface area contributed by atoms with Crippen molar-refractivity contribution in [3.8, 4) is 10.4 Å². The number of carbonyl (C=O) groups is 2. The van der Waals surface area contributed by atoms with E-state index < -0.39 is 17.9 Å². The van der Waals surface area contributed by atoms with Crippen LogP contribution in [0.1, 0.15) is 24.8 Å². The van der Waals surface area contributed by atoms with E-state index in [4.69, 9.17) is 21.1 Å². The molecule has 0 fully saturated rings. The molecule has 0 saturated heterocycles. The molecule has 122 valence electrons. The van der Waals surface area contributed by atoms with Gasteiger partial charge in [-0.15, -0.1) is 11.3 Å². The number of carbonyl (C=O) groups excluding carboxylic acids is 2. The third-order valence-corrected chi connectivity index (χ3v) is 4.31. The first kappa shape index (κ1) is 17.4. The fourth-order valence-corrected chi connectivity index (χ4v) is 3.04. The Bertz CT molecular complexity index is 666. The van der Waals surface area contributed by atoms with Crippen molar-refractivity contribution in [2.75, 3.05) is 13.2 Å². The molecule has 5 nitrogen and oxygen atoms in total. The van der Waals surface area contributed by atoms with Crippen molar-refractivity contribution in [1.29, 1.82) is 0 Å². The largest absolute Gasteiger partial charge is 0.465 e. The van der Waals surface area contributed by atoms with Crippen molar-refractivity contribution in [3.05, 3.63) is 40.5 Å². The van der Waals surface area contributed by atoms with Gasteiger partial charge in [0.2, 0.25) is 5.92 Å². The van der Waals surface area contributed by atoms with E-state index in [1.807, 2.05) is 12.1 Å². The Labute approximate surface area is 143 Å². The van der Waals surface area contributed by atoms with Crippen LogP contribution in [0.2, 0.25) is 5.02 Å². The molecule has 2 aromatic rings. The lowest BCUT2D eigenvalue weighted by Gasteiger charge is -2.11. The van der Waals surface area contributed by atoms with Crippen LogP contribution in [0.25, 0.3) is 10.4 Å². The predicted octanol–water partition coefficient (Wildman–Crippen LogP) is 3.67. The van der Waals surface area contributed by atoms with Gasteiger partial charge in [-0.05, 0) is 31.5 Å². The number of thiazole rings is 1. The second-order valence-electron chi connectivity index (χ2n) is 4.51. The first-order chi connectivity index (χ1) is 11.1. The van der Waals surface area contributed by atoms with Gasteiger partial charge in [-0.25, -0.2) is 4.98 Å². The Morgan fingerprint density at radius 2 is 1.70 bits per heavy atom. The summed E-state index contributed by atoms with van der Waals surface area (Å²) >= 11 is 7.13. The highest BCUT2D eigenvalue weighted by atomic mass is 35.5. The SMILES string of the molecule is CCOC(=O)C(C(=O)OCC)c1ncc(-c2ccc(Cl)cc2)s1. The average Bonchev–Trinajstić information content (AvgIpc) is 2.98. The minimum absolute atomic E-state index is 0.185. The maximum Gasteiger partial charge on any atom is 0.327 e. The summed E-state index contributed by atoms with van der Waals surface area (Å²) in [5.74, 6) is -2.45. The highest BCUT2D eigenvalue weighted by molar-refractivity contribution is 7.15. The molecule has 23 heavy (non-hydrogen) atoms. The topological polar surface area (TPSA) is 65.5 Å². The molecular formula is C16H16ClNO4S. The smallest absolute Gasteiger partial charge is 0.327 e. The summed E-state index contributed by atoms with van der Waals surface area (Å²) in [4.78, 5) is 29.2. The molecule has 0 unspecified atom stereocenters. The van der Waals surface area contributed by atoms with Gasteiger partial charge in [0, 0.05) is 11.2 Å². The van der Waals surface area contributed by atoms with Crippen molar-refractivity contribution in [1.82, 2.24) is 4.98 Å². The predicted molar refractivity (Wildman–Crippen MR) is 88.6 cm³/mol. The number of nitrogens with zero attached hydrogens (tertiary/aromatic N) is 1. The first-order valence-electron chi connectivity index (χ1n) is 7.11. The Morgan fingerprint density at radius 3 is 2.22 bits per heavy atom. The van der Waals surface area contributed by atoms with E-state index in [-0.39, 0.29) is 13.2 Å². The number of benzene rings is 1. The fourth-order valence-electron chi connectivity index (χ4n) is 1.92.